The molecule has 3 atom stereocenters. The molecule has 0 amide bonds. The molecule has 1 fully saturated rings. The molecule has 1 aliphatic rings. The maximum atomic E-state index is 9.87. The second-order valence-corrected chi connectivity index (χ2v) is 5.46. The van der Waals surface area contributed by atoms with Gasteiger partial charge in [-0.2, -0.15) is 0 Å². The van der Waals surface area contributed by atoms with E-state index in [0.717, 1.165) is 12.3 Å². The Hall–Kier alpha value is -0.0400. The van der Waals surface area contributed by atoms with Gasteiger partial charge in [-0.05, 0) is 30.1 Å². The first-order chi connectivity index (χ1) is 5.41. The third-order valence-electron chi connectivity index (χ3n) is 3.19. The molecule has 0 bridgehead atoms. The first-order valence-electron chi connectivity index (χ1n) is 5.09. The van der Waals surface area contributed by atoms with Crippen molar-refractivity contribution in [3.05, 3.63) is 0 Å². The highest BCUT2D eigenvalue weighted by Crippen LogP contribution is 2.39. The fourth-order valence-electron chi connectivity index (χ4n) is 2.36. The van der Waals surface area contributed by atoms with E-state index in [1.165, 1.54) is 12.8 Å². The highest BCUT2D eigenvalue weighted by Gasteiger charge is 2.34. The minimum absolute atomic E-state index is 0.0613. The van der Waals surface area contributed by atoms with Crippen LogP contribution in [-0.4, -0.2) is 11.2 Å². The first kappa shape index (κ1) is 10.0. The Bertz CT molecular complexity index is 146. The van der Waals surface area contributed by atoms with E-state index in [9.17, 15) is 5.11 Å². The maximum Gasteiger partial charge on any atom is 0.0575 e. The zero-order chi connectivity index (χ0) is 9.35. The smallest absolute Gasteiger partial charge is 0.0575 e. The molecule has 1 nitrogen and oxygen atoms in total. The molecule has 1 saturated carbocycles. The van der Waals surface area contributed by atoms with Gasteiger partial charge in [-0.3, -0.25) is 0 Å². The second kappa shape index (κ2) is 3.37. The highest BCUT2D eigenvalue weighted by molar-refractivity contribution is 4.85. The lowest BCUT2D eigenvalue weighted by atomic mass is 9.68. The van der Waals surface area contributed by atoms with Crippen molar-refractivity contribution in [1.82, 2.24) is 0 Å². The highest BCUT2D eigenvalue weighted by atomic mass is 16.3. The minimum Gasteiger partial charge on any atom is -0.393 e. The molecule has 0 saturated heterocycles. The van der Waals surface area contributed by atoms with Crippen LogP contribution in [0, 0.1) is 17.3 Å². The molecule has 0 aromatic rings. The quantitative estimate of drug-likeness (QED) is 0.592. The summed E-state index contributed by atoms with van der Waals surface area (Å²) >= 11 is 0. The Kier molecular flexibility index (Phi) is 2.82. The molecule has 0 aromatic carbocycles. The van der Waals surface area contributed by atoms with Gasteiger partial charge in [0.05, 0.1) is 6.10 Å². The summed E-state index contributed by atoms with van der Waals surface area (Å²) in [5.74, 6) is 1.23. The summed E-state index contributed by atoms with van der Waals surface area (Å²) in [6, 6.07) is 0. The predicted molar refractivity (Wildman–Crippen MR) is 52.0 cm³/mol. The van der Waals surface area contributed by atoms with Gasteiger partial charge in [0.25, 0.3) is 0 Å². The van der Waals surface area contributed by atoms with Crippen molar-refractivity contribution in [2.24, 2.45) is 17.3 Å². The van der Waals surface area contributed by atoms with Crippen LogP contribution in [0.2, 0.25) is 0 Å². The van der Waals surface area contributed by atoms with Gasteiger partial charge in [-0.15, -0.1) is 0 Å². The molecular formula is C11H22O. The van der Waals surface area contributed by atoms with Crippen LogP contribution in [0.5, 0.6) is 0 Å². The average molecular weight is 170 g/mol. The second-order valence-electron chi connectivity index (χ2n) is 5.46. The Morgan fingerprint density at radius 3 is 2.17 bits per heavy atom. The van der Waals surface area contributed by atoms with E-state index < -0.39 is 0 Å². The predicted octanol–water partition coefficient (Wildman–Crippen LogP) is 2.83. The van der Waals surface area contributed by atoms with Gasteiger partial charge in [0.15, 0.2) is 0 Å². The summed E-state index contributed by atoms with van der Waals surface area (Å²) in [5, 5.41) is 9.87. The fraction of sp³-hybridized carbons (Fsp3) is 1.00. The SMILES string of the molecule is CC1CCC(C(C)(C)C)C(O)C1. The summed E-state index contributed by atoms with van der Waals surface area (Å²) in [5.41, 5.74) is 0.277. The van der Waals surface area contributed by atoms with Crippen LogP contribution in [0.15, 0.2) is 0 Å². The summed E-state index contributed by atoms with van der Waals surface area (Å²) in [6.45, 7) is 8.94. The number of aliphatic hydroxyl groups excluding tert-OH is 1. The number of hydrogen-bond acceptors (Lipinski definition) is 1. The van der Waals surface area contributed by atoms with E-state index >= 15 is 0 Å². The van der Waals surface area contributed by atoms with Crippen LogP contribution in [0.1, 0.15) is 47.0 Å². The fourth-order valence-corrected chi connectivity index (χ4v) is 2.36. The van der Waals surface area contributed by atoms with Gasteiger partial charge in [-0.1, -0.05) is 34.1 Å². The third-order valence-corrected chi connectivity index (χ3v) is 3.19. The maximum absolute atomic E-state index is 9.87. The minimum atomic E-state index is -0.0613. The standard InChI is InChI=1S/C11H22O/c1-8-5-6-9(10(12)7-8)11(2,3)4/h8-10,12H,5-7H2,1-4H3. The molecule has 72 valence electrons. The van der Waals surface area contributed by atoms with E-state index in [1.807, 2.05) is 0 Å². The molecule has 1 rings (SSSR count). The van der Waals surface area contributed by atoms with Crippen molar-refractivity contribution >= 4 is 0 Å². The van der Waals surface area contributed by atoms with Crippen LogP contribution in [0.4, 0.5) is 0 Å². The zero-order valence-electron chi connectivity index (χ0n) is 8.80. The van der Waals surface area contributed by atoms with Crippen molar-refractivity contribution in [3.63, 3.8) is 0 Å². The van der Waals surface area contributed by atoms with Crippen LogP contribution in [0.3, 0.4) is 0 Å². The van der Waals surface area contributed by atoms with Crippen molar-refractivity contribution in [3.8, 4) is 0 Å². The molecule has 0 aliphatic heterocycles. The lowest BCUT2D eigenvalue weighted by Crippen LogP contribution is -2.36. The number of rotatable bonds is 0. The largest absolute Gasteiger partial charge is 0.393 e. The summed E-state index contributed by atoms with van der Waals surface area (Å²) in [4.78, 5) is 0. The molecule has 1 heteroatoms. The lowest BCUT2D eigenvalue weighted by molar-refractivity contribution is -0.00549. The molecule has 0 aromatic heterocycles. The van der Waals surface area contributed by atoms with E-state index in [-0.39, 0.29) is 11.5 Å². The molecule has 12 heavy (non-hydrogen) atoms. The Labute approximate surface area is 76.2 Å². The van der Waals surface area contributed by atoms with E-state index in [4.69, 9.17) is 0 Å². The topological polar surface area (TPSA) is 20.2 Å². The third kappa shape index (κ3) is 2.22. The molecule has 0 radical (unpaired) electrons. The van der Waals surface area contributed by atoms with Gasteiger partial charge in [0, 0.05) is 0 Å². The zero-order valence-corrected chi connectivity index (χ0v) is 8.80. The molecule has 1 N–H and O–H groups in total. The number of aliphatic hydroxyl groups is 1. The van der Waals surface area contributed by atoms with Gasteiger partial charge in [0.2, 0.25) is 0 Å². The summed E-state index contributed by atoms with van der Waals surface area (Å²) in [7, 11) is 0. The summed E-state index contributed by atoms with van der Waals surface area (Å²) in [6.07, 6.45) is 3.43. The van der Waals surface area contributed by atoms with Crippen LogP contribution in [-0.2, 0) is 0 Å². The average Bonchev–Trinajstić information content (AvgIpc) is 1.83. The van der Waals surface area contributed by atoms with Crippen LogP contribution in [0.25, 0.3) is 0 Å². The van der Waals surface area contributed by atoms with Gasteiger partial charge >= 0.3 is 0 Å². The molecular weight excluding hydrogens is 148 g/mol. The Morgan fingerprint density at radius 2 is 1.75 bits per heavy atom. The molecule has 0 spiro atoms. The van der Waals surface area contributed by atoms with Gasteiger partial charge in [0.1, 0.15) is 0 Å². The molecule has 0 heterocycles. The van der Waals surface area contributed by atoms with Crippen molar-refractivity contribution < 1.29 is 5.11 Å². The number of hydrogen-bond donors (Lipinski definition) is 1. The van der Waals surface area contributed by atoms with Crippen molar-refractivity contribution in [2.75, 3.05) is 0 Å². The van der Waals surface area contributed by atoms with E-state index in [2.05, 4.69) is 27.7 Å². The molecule has 1 aliphatic carbocycles. The Morgan fingerprint density at radius 1 is 1.17 bits per heavy atom. The van der Waals surface area contributed by atoms with Crippen molar-refractivity contribution in [1.29, 1.82) is 0 Å². The van der Waals surface area contributed by atoms with E-state index in [1.54, 1.807) is 0 Å². The van der Waals surface area contributed by atoms with E-state index in [0.29, 0.717) is 5.92 Å². The van der Waals surface area contributed by atoms with Gasteiger partial charge in [-0.25, -0.2) is 0 Å². The lowest BCUT2D eigenvalue weighted by Gasteiger charge is -2.39. The monoisotopic (exact) mass is 170 g/mol. The molecule has 3 unspecified atom stereocenters. The Balaban J connectivity index is 2.57. The first-order valence-corrected chi connectivity index (χ1v) is 5.09. The normalized spacial score (nSPS) is 38.2. The van der Waals surface area contributed by atoms with Gasteiger partial charge < -0.3 is 5.11 Å². The van der Waals surface area contributed by atoms with Crippen LogP contribution < -0.4 is 0 Å². The van der Waals surface area contributed by atoms with Crippen LogP contribution >= 0.6 is 0 Å². The van der Waals surface area contributed by atoms with Crippen molar-refractivity contribution in [2.45, 2.75) is 53.1 Å². The summed E-state index contributed by atoms with van der Waals surface area (Å²) < 4.78 is 0.